The molecule has 21 heavy (non-hydrogen) atoms. The Morgan fingerprint density at radius 2 is 1.38 bits per heavy atom. The SMILES string of the molecule is CCOc1ccc(OCCCOc2cccc(C)c2)cc1. The first-order chi connectivity index (χ1) is 10.3. The topological polar surface area (TPSA) is 27.7 Å². The summed E-state index contributed by atoms with van der Waals surface area (Å²) < 4.78 is 16.7. The van der Waals surface area contributed by atoms with Crippen LogP contribution in [0.15, 0.2) is 48.5 Å². The van der Waals surface area contributed by atoms with E-state index in [1.165, 1.54) is 5.56 Å². The molecule has 0 fully saturated rings. The monoisotopic (exact) mass is 286 g/mol. The van der Waals surface area contributed by atoms with Gasteiger partial charge in [-0.25, -0.2) is 0 Å². The van der Waals surface area contributed by atoms with Crippen molar-refractivity contribution < 1.29 is 14.2 Å². The maximum Gasteiger partial charge on any atom is 0.119 e. The molecule has 2 rings (SSSR count). The first-order valence-electron chi connectivity index (χ1n) is 7.33. The third kappa shape index (κ3) is 5.38. The fourth-order valence-electron chi connectivity index (χ4n) is 1.94. The van der Waals surface area contributed by atoms with Crippen LogP contribution in [0, 0.1) is 6.92 Å². The molecule has 0 saturated heterocycles. The Morgan fingerprint density at radius 1 is 0.762 bits per heavy atom. The summed E-state index contributed by atoms with van der Waals surface area (Å²) in [5, 5.41) is 0. The van der Waals surface area contributed by atoms with Crippen LogP contribution >= 0.6 is 0 Å². The van der Waals surface area contributed by atoms with Crippen LogP contribution in [-0.2, 0) is 0 Å². The van der Waals surface area contributed by atoms with Crippen LogP contribution in [0.2, 0.25) is 0 Å². The van der Waals surface area contributed by atoms with Gasteiger partial charge < -0.3 is 14.2 Å². The van der Waals surface area contributed by atoms with Crippen LogP contribution in [0.3, 0.4) is 0 Å². The number of benzene rings is 2. The predicted molar refractivity (Wildman–Crippen MR) is 84.4 cm³/mol. The maximum absolute atomic E-state index is 5.68. The number of rotatable bonds is 8. The minimum Gasteiger partial charge on any atom is -0.494 e. The molecule has 112 valence electrons. The molecule has 0 amide bonds. The summed E-state index contributed by atoms with van der Waals surface area (Å²) in [6.45, 7) is 6.00. The molecule has 0 unspecified atom stereocenters. The normalized spacial score (nSPS) is 10.2. The molecule has 0 aliphatic carbocycles. The Bertz CT molecular complexity index is 534. The smallest absolute Gasteiger partial charge is 0.119 e. The largest absolute Gasteiger partial charge is 0.494 e. The van der Waals surface area contributed by atoms with E-state index in [1.807, 2.05) is 49.4 Å². The van der Waals surface area contributed by atoms with E-state index in [4.69, 9.17) is 14.2 Å². The van der Waals surface area contributed by atoms with Crippen LogP contribution in [0.4, 0.5) is 0 Å². The van der Waals surface area contributed by atoms with Crippen molar-refractivity contribution in [1.82, 2.24) is 0 Å². The molecular formula is C18H22O3. The zero-order valence-corrected chi connectivity index (χ0v) is 12.7. The zero-order chi connectivity index (χ0) is 14.9. The van der Waals surface area contributed by atoms with E-state index in [0.717, 1.165) is 23.7 Å². The molecule has 0 aromatic heterocycles. The lowest BCUT2D eigenvalue weighted by Gasteiger charge is -2.09. The molecule has 0 radical (unpaired) electrons. The quantitative estimate of drug-likeness (QED) is 0.679. The van der Waals surface area contributed by atoms with Crippen LogP contribution < -0.4 is 14.2 Å². The van der Waals surface area contributed by atoms with Gasteiger partial charge in [0.05, 0.1) is 19.8 Å². The van der Waals surface area contributed by atoms with Crippen molar-refractivity contribution in [3.8, 4) is 17.2 Å². The molecule has 0 bridgehead atoms. The minimum atomic E-state index is 0.639. The fraction of sp³-hybridized carbons (Fsp3) is 0.333. The van der Waals surface area contributed by atoms with Gasteiger partial charge in [-0.3, -0.25) is 0 Å². The number of hydrogen-bond acceptors (Lipinski definition) is 3. The number of hydrogen-bond donors (Lipinski definition) is 0. The van der Waals surface area contributed by atoms with Crippen molar-refractivity contribution >= 4 is 0 Å². The Kier molecular flexibility index (Phi) is 5.95. The van der Waals surface area contributed by atoms with Gasteiger partial charge in [0.15, 0.2) is 0 Å². The van der Waals surface area contributed by atoms with Crippen molar-refractivity contribution in [2.75, 3.05) is 19.8 Å². The first-order valence-corrected chi connectivity index (χ1v) is 7.33. The highest BCUT2D eigenvalue weighted by atomic mass is 16.5. The average Bonchev–Trinajstić information content (AvgIpc) is 2.49. The van der Waals surface area contributed by atoms with E-state index in [9.17, 15) is 0 Å². The van der Waals surface area contributed by atoms with Gasteiger partial charge in [-0.2, -0.15) is 0 Å². The zero-order valence-electron chi connectivity index (χ0n) is 12.7. The van der Waals surface area contributed by atoms with Crippen LogP contribution in [0.1, 0.15) is 18.9 Å². The second-order valence-corrected chi connectivity index (χ2v) is 4.77. The lowest BCUT2D eigenvalue weighted by atomic mass is 10.2. The summed E-state index contributed by atoms with van der Waals surface area (Å²) in [7, 11) is 0. The molecular weight excluding hydrogens is 264 g/mol. The second kappa shape index (κ2) is 8.20. The lowest BCUT2D eigenvalue weighted by Crippen LogP contribution is -2.05. The Morgan fingerprint density at radius 3 is 2.00 bits per heavy atom. The molecule has 3 nitrogen and oxygen atoms in total. The summed E-state index contributed by atoms with van der Waals surface area (Å²) in [6.07, 6.45) is 0.848. The van der Waals surface area contributed by atoms with E-state index < -0.39 is 0 Å². The van der Waals surface area contributed by atoms with Gasteiger partial charge in [0.2, 0.25) is 0 Å². The second-order valence-electron chi connectivity index (χ2n) is 4.77. The average molecular weight is 286 g/mol. The van der Waals surface area contributed by atoms with Crippen LogP contribution in [0.25, 0.3) is 0 Å². The van der Waals surface area contributed by atoms with E-state index in [0.29, 0.717) is 19.8 Å². The summed E-state index contributed by atoms with van der Waals surface area (Å²) >= 11 is 0. The predicted octanol–water partition coefficient (Wildman–Crippen LogP) is 4.24. The standard InChI is InChI=1S/C18H22O3/c1-3-19-16-8-10-17(11-9-16)20-12-5-13-21-18-7-4-6-15(2)14-18/h4,6-11,14H,3,5,12-13H2,1-2H3. The van der Waals surface area contributed by atoms with E-state index in [2.05, 4.69) is 13.0 Å². The molecule has 2 aromatic carbocycles. The molecule has 2 aromatic rings. The number of aryl methyl sites for hydroxylation is 1. The molecule has 0 saturated carbocycles. The maximum atomic E-state index is 5.68. The Hall–Kier alpha value is -2.16. The molecule has 0 aliphatic heterocycles. The van der Waals surface area contributed by atoms with Crippen molar-refractivity contribution in [2.24, 2.45) is 0 Å². The van der Waals surface area contributed by atoms with E-state index in [-0.39, 0.29) is 0 Å². The van der Waals surface area contributed by atoms with Crippen molar-refractivity contribution in [3.05, 3.63) is 54.1 Å². The summed E-state index contributed by atoms with van der Waals surface area (Å²) in [5.41, 5.74) is 1.21. The van der Waals surface area contributed by atoms with Crippen molar-refractivity contribution in [3.63, 3.8) is 0 Å². The lowest BCUT2D eigenvalue weighted by molar-refractivity contribution is 0.247. The summed E-state index contributed by atoms with van der Waals surface area (Å²) in [4.78, 5) is 0. The number of ether oxygens (including phenoxy) is 3. The van der Waals surface area contributed by atoms with Gasteiger partial charge in [-0.05, 0) is 55.8 Å². The Labute approximate surface area is 126 Å². The van der Waals surface area contributed by atoms with Gasteiger partial charge in [0, 0.05) is 6.42 Å². The minimum absolute atomic E-state index is 0.639. The summed E-state index contributed by atoms with van der Waals surface area (Å²) in [6, 6.07) is 15.7. The highest BCUT2D eigenvalue weighted by molar-refractivity contribution is 5.31. The van der Waals surface area contributed by atoms with Crippen molar-refractivity contribution in [2.45, 2.75) is 20.3 Å². The highest BCUT2D eigenvalue weighted by Gasteiger charge is 1.97. The highest BCUT2D eigenvalue weighted by Crippen LogP contribution is 2.17. The van der Waals surface area contributed by atoms with Crippen molar-refractivity contribution in [1.29, 1.82) is 0 Å². The molecule has 0 heterocycles. The van der Waals surface area contributed by atoms with Gasteiger partial charge in [-0.15, -0.1) is 0 Å². The van der Waals surface area contributed by atoms with E-state index in [1.54, 1.807) is 0 Å². The van der Waals surface area contributed by atoms with Gasteiger partial charge >= 0.3 is 0 Å². The molecule has 0 N–H and O–H groups in total. The first kappa shape index (κ1) is 15.2. The van der Waals surface area contributed by atoms with Crippen LogP contribution in [-0.4, -0.2) is 19.8 Å². The fourth-order valence-corrected chi connectivity index (χ4v) is 1.94. The Balaban J connectivity index is 1.65. The van der Waals surface area contributed by atoms with Gasteiger partial charge in [0.1, 0.15) is 17.2 Å². The molecule has 0 atom stereocenters. The van der Waals surface area contributed by atoms with Gasteiger partial charge in [0.25, 0.3) is 0 Å². The third-order valence-electron chi connectivity index (χ3n) is 2.95. The molecule has 0 spiro atoms. The van der Waals surface area contributed by atoms with Crippen LogP contribution in [0.5, 0.6) is 17.2 Å². The third-order valence-corrected chi connectivity index (χ3v) is 2.95. The molecule has 3 heteroatoms. The van der Waals surface area contributed by atoms with E-state index >= 15 is 0 Å². The summed E-state index contributed by atoms with van der Waals surface area (Å²) in [5.74, 6) is 2.64. The molecule has 0 aliphatic rings. The van der Waals surface area contributed by atoms with Gasteiger partial charge in [-0.1, -0.05) is 12.1 Å².